The number of hydrogen-bond acceptors (Lipinski definition) is 4. The van der Waals surface area contributed by atoms with Gasteiger partial charge in [0.05, 0.1) is 5.56 Å². The molecule has 2 aromatic rings. The predicted octanol–water partition coefficient (Wildman–Crippen LogP) is 4.08. The summed E-state index contributed by atoms with van der Waals surface area (Å²) in [5.74, 6) is -1.88. The number of ether oxygens (including phenoxy) is 2. The quantitative estimate of drug-likeness (QED) is 0.363. The highest BCUT2D eigenvalue weighted by Gasteiger charge is 2.19. The Kier molecular flexibility index (Phi) is 7.11. The first kappa shape index (κ1) is 20.3. The van der Waals surface area contributed by atoms with Crippen molar-refractivity contribution in [1.82, 2.24) is 4.57 Å². The summed E-state index contributed by atoms with van der Waals surface area (Å²) < 4.78 is 26.4. The summed E-state index contributed by atoms with van der Waals surface area (Å²) in [5.41, 5.74) is 2.05. The van der Waals surface area contributed by atoms with E-state index < -0.39 is 18.4 Å². The van der Waals surface area contributed by atoms with Crippen molar-refractivity contribution in [3.63, 3.8) is 0 Å². The molecule has 0 atom stereocenters. The molecule has 26 heavy (non-hydrogen) atoms. The summed E-state index contributed by atoms with van der Waals surface area (Å²) >= 11 is 3.17. The number of hydrogen-bond donors (Lipinski definition) is 0. The molecule has 1 aromatic heterocycles. The van der Waals surface area contributed by atoms with E-state index in [1.165, 1.54) is 12.1 Å². The van der Waals surface area contributed by atoms with Gasteiger partial charge in [-0.25, -0.2) is 9.18 Å². The number of ketones is 1. The second kappa shape index (κ2) is 9.09. The number of esters is 1. The van der Waals surface area contributed by atoms with E-state index in [2.05, 4.69) is 15.9 Å². The van der Waals surface area contributed by atoms with E-state index >= 15 is 0 Å². The van der Waals surface area contributed by atoms with Gasteiger partial charge in [-0.05, 0) is 44.5 Å². The maximum absolute atomic E-state index is 13.7. The number of nitrogens with zero attached hydrogens (tertiary/aromatic N) is 1. The third-order valence-corrected chi connectivity index (χ3v) is 4.58. The maximum Gasteiger partial charge on any atom is 0.341 e. The lowest BCUT2D eigenvalue weighted by atomic mass is 10.1. The summed E-state index contributed by atoms with van der Waals surface area (Å²) in [5, 5.41) is 0. The maximum atomic E-state index is 13.7. The lowest BCUT2D eigenvalue weighted by Gasteiger charge is -2.09. The van der Waals surface area contributed by atoms with E-state index in [0.29, 0.717) is 16.6 Å². The first-order valence-corrected chi connectivity index (χ1v) is 8.95. The van der Waals surface area contributed by atoms with E-state index in [0.717, 1.165) is 30.4 Å². The Bertz CT molecular complexity index is 816. The zero-order chi connectivity index (χ0) is 19.3. The molecule has 0 aliphatic rings. The minimum Gasteiger partial charge on any atom is -0.454 e. The number of rotatable bonds is 8. The van der Waals surface area contributed by atoms with Gasteiger partial charge in [-0.2, -0.15) is 0 Å². The van der Waals surface area contributed by atoms with E-state index in [1.54, 1.807) is 13.2 Å². The minimum atomic E-state index is -0.869. The third kappa shape index (κ3) is 4.80. The summed E-state index contributed by atoms with van der Waals surface area (Å²) in [6, 6.07) is 5.74. The molecule has 1 aromatic carbocycles. The molecule has 0 bridgehead atoms. The lowest BCUT2D eigenvalue weighted by Crippen LogP contribution is -2.16. The van der Waals surface area contributed by atoms with Gasteiger partial charge < -0.3 is 14.0 Å². The van der Waals surface area contributed by atoms with Gasteiger partial charge in [0.15, 0.2) is 6.61 Å². The van der Waals surface area contributed by atoms with Gasteiger partial charge in [0.25, 0.3) is 0 Å². The number of carbonyl (C=O) groups is 2. The Balaban J connectivity index is 2.05. The second-order valence-corrected chi connectivity index (χ2v) is 6.82. The molecule has 0 fully saturated rings. The molecule has 0 aliphatic heterocycles. The Morgan fingerprint density at radius 1 is 1.19 bits per heavy atom. The highest BCUT2D eigenvalue weighted by atomic mass is 79.9. The van der Waals surface area contributed by atoms with Crippen LogP contribution in [0.3, 0.4) is 0 Å². The van der Waals surface area contributed by atoms with Gasteiger partial charge in [-0.1, -0.05) is 15.9 Å². The van der Waals surface area contributed by atoms with Crippen molar-refractivity contribution >= 4 is 27.7 Å². The fraction of sp³-hybridized carbons (Fsp3) is 0.368. The molecule has 2 rings (SSSR count). The molecule has 0 aliphatic carbocycles. The second-order valence-electron chi connectivity index (χ2n) is 5.91. The zero-order valence-corrected chi connectivity index (χ0v) is 16.6. The molecule has 0 N–H and O–H groups in total. The van der Waals surface area contributed by atoms with Crippen molar-refractivity contribution in [2.75, 3.05) is 20.3 Å². The standard InChI is InChI=1S/C19H21BrFNO4/c1-12-9-15(13(2)22(12)7-4-8-25-3)18(23)11-26-19(24)16-10-14(20)5-6-17(16)21/h5-6,9-10H,4,7-8,11H2,1-3H3. The highest BCUT2D eigenvalue weighted by Crippen LogP contribution is 2.18. The smallest absolute Gasteiger partial charge is 0.341 e. The molecule has 0 spiro atoms. The molecule has 0 radical (unpaired) electrons. The van der Waals surface area contributed by atoms with Crippen LogP contribution in [0.1, 0.15) is 38.5 Å². The van der Waals surface area contributed by atoms with Crippen molar-refractivity contribution in [3.8, 4) is 0 Å². The summed E-state index contributed by atoms with van der Waals surface area (Å²) in [7, 11) is 1.65. The molecule has 5 nitrogen and oxygen atoms in total. The molecule has 0 unspecified atom stereocenters. The van der Waals surface area contributed by atoms with Crippen molar-refractivity contribution < 1.29 is 23.5 Å². The SMILES string of the molecule is COCCCn1c(C)cc(C(=O)COC(=O)c2cc(Br)ccc2F)c1C. The normalized spacial score (nSPS) is 10.8. The van der Waals surface area contributed by atoms with Crippen LogP contribution < -0.4 is 0 Å². The predicted molar refractivity (Wildman–Crippen MR) is 99.1 cm³/mol. The van der Waals surface area contributed by atoms with Crippen molar-refractivity contribution in [3.05, 3.63) is 57.1 Å². The summed E-state index contributed by atoms with van der Waals surface area (Å²) in [6.07, 6.45) is 0.831. The molecule has 0 saturated carbocycles. The molecule has 7 heteroatoms. The molecule has 1 heterocycles. The molecule has 0 amide bonds. The van der Waals surface area contributed by atoms with Crippen LogP contribution in [0.4, 0.5) is 4.39 Å². The number of halogens is 2. The molecule has 0 saturated heterocycles. The largest absolute Gasteiger partial charge is 0.454 e. The lowest BCUT2D eigenvalue weighted by molar-refractivity contribution is 0.0470. The number of benzene rings is 1. The van der Waals surface area contributed by atoms with E-state index in [1.807, 2.05) is 18.4 Å². The fourth-order valence-electron chi connectivity index (χ4n) is 2.74. The van der Waals surface area contributed by atoms with E-state index in [9.17, 15) is 14.0 Å². The number of aryl methyl sites for hydroxylation is 1. The molecule has 140 valence electrons. The van der Waals surface area contributed by atoms with Gasteiger partial charge in [0, 0.05) is 41.7 Å². The number of Topliss-reactive ketones (excluding diaryl/α,β-unsaturated/α-hetero) is 1. The summed E-state index contributed by atoms with van der Waals surface area (Å²) in [4.78, 5) is 24.5. The first-order valence-electron chi connectivity index (χ1n) is 8.16. The third-order valence-electron chi connectivity index (χ3n) is 4.09. The van der Waals surface area contributed by atoms with Gasteiger partial charge >= 0.3 is 5.97 Å². The van der Waals surface area contributed by atoms with Gasteiger partial charge in [-0.3, -0.25) is 4.79 Å². The Morgan fingerprint density at radius 3 is 2.62 bits per heavy atom. The number of aromatic nitrogens is 1. The summed E-state index contributed by atoms with van der Waals surface area (Å²) in [6.45, 7) is 4.70. The van der Waals surface area contributed by atoms with Crippen molar-refractivity contribution in [2.24, 2.45) is 0 Å². The first-order chi connectivity index (χ1) is 12.3. The minimum absolute atomic E-state index is 0.211. The molecular formula is C19H21BrFNO4. The topological polar surface area (TPSA) is 57.5 Å². The van der Waals surface area contributed by atoms with Crippen molar-refractivity contribution in [2.45, 2.75) is 26.8 Å². The Labute approximate surface area is 160 Å². The van der Waals surface area contributed by atoms with Crippen LogP contribution in [0.2, 0.25) is 0 Å². The van der Waals surface area contributed by atoms with Crippen LogP contribution in [0.5, 0.6) is 0 Å². The zero-order valence-electron chi connectivity index (χ0n) is 15.0. The van der Waals surface area contributed by atoms with Gasteiger partial charge in [0.2, 0.25) is 5.78 Å². The van der Waals surface area contributed by atoms with Crippen LogP contribution in [-0.2, 0) is 16.0 Å². The van der Waals surface area contributed by atoms with Crippen molar-refractivity contribution in [1.29, 1.82) is 0 Å². The number of methoxy groups -OCH3 is 1. The van der Waals surface area contributed by atoms with Gasteiger partial charge in [0.1, 0.15) is 5.82 Å². The number of carbonyl (C=O) groups excluding carboxylic acids is 2. The van der Waals surface area contributed by atoms with Crippen LogP contribution in [0.15, 0.2) is 28.7 Å². The Hall–Kier alpha value is -1.99. The van der Waals surface area contributed by atoms with Crippen LogP contribution in [0.25, 0.3) is 0 Å². The highest BCUT2D eigenvalue weighted by molar-refractivity contribution is 9.10. The average molecular weight is 426 g/mol. The van der Waals surface area contributed by atoms with E-state index in [4.69, 9.17) is 9.47 Å². The van der Waals surface area contributed by atoms with Crippen LogP contribution in [0, 0.1) is 19.7 Å². The van der Waals surface area contributed by atoms with E-state index in [-0.39, 0.29) is 11.3 Å². The fourth-order valence-corrected chi connectivity index (χ4v) is 3.10. The monoisotopic (exact) mass is 425 g/mol. The van der Waals surface area contributed by atoms with Crippen LogP contribution in [-0.4, -0.2) is 36.6 Å². The average Bonchev–Trinajstić information content (AvgIpc) is 2.89. The molecular weight excluding hydrogens is 405 g/mol. The van der Waals surface area contributed by atoms with Gasteiger partial charge in [-0.15, -0.1) is 0 Å². The Morgan fingerprint density at radius 2 is 1.92 bits per heavy atom. The van der Waals surface area contributed by atoms with Crippen LogP contribution >= 0.6 is 15.9 Å².